The molecule has 0 unspecified atom stereocenters. The standard InChI is InChI=1S/C17H17Cl4O3P/c1-16(2,3)12-9-10-15(24-25(20,21)22)14(11-12)17(18,19)23-13-7-5-4-6-8-13/h4-11H,1-3H3. The van der Waals surface area contributed by atoms with E-state index < -0.39 is 10.6 Å². The van der Waals surface area contributed by atoms with Gasteiger partial charge in [-0.1, -0.05) is 68.2 Å². The topological polar surface area (TPSA) is 35.5 Å². The second-order valence-electron chi connectivity index (χ2n) is 6.40. The highest BCUT2D eigenvalue weighted by Crippen LogP contribution is 2.58. The van der Waals surface area contributed by atoms with Gasteiger partial charge >= 0.3 is 6.07 Å². The summed E-state index contributed by atoms with van der Waals surface area (Å²) < 4.78 is 20.7. The zero-order chi connectivity index (χ0) is 18.9. The fraction of sp³-hybridized carbons (Fsp3) is 0.294. The van der Waals surface area contributed by atoms with Crippen molar-refractivity contribution < 1.29 is 13.8 Å². The van der Waals surface area contributed by atoms with Crippen molar-refractivity contribution in [1.29, 1.82) is 0 Å². The number of para-hydroxylation sites is 1. The first-order chi connectivity index (χ1) is 11.4. The van der Waals surface area contributed by atoms with Crippen LogP contribution in [-0.2, 0) is 14.5 Å². The monoisotopic (exact) mass is 440 g/mol. The molecule has 25 heavy (non-hydrogen) atoms. The van der Waals surface area contributed by atoms with Crippen LogP contribution in [0.1, 0.15) is 31.9 Å². The zero-order valence-corrected chi connectivity index (χ0v) is 17.7. The maximum absolute atomic E-state index is 11.7. The normalized spacial score (nSPS) is 12.8. The Balaban J connectivity index is 2.52. The van der Waals surface area contributed by atoms with E-state index in [4.69, 9.17) is 54.9 Å². The SMILES string of the molecule is CC(C)(C)c1ccc(OP(=O)(Cl)Cl)c(C(Cl)(Cl)Oc2ccccc2)c1. The van der Waals surface area contributed by atoms with E-state index in [1.165, 1.54) is 0 Å². The maximum atomic E-state index is 11.7. The molecule has 0 fully saturated rings. The molecule has 0 amide bonds. The van der Waals surface area contributed by atoms with Gasteiger partial charge in [-0.25, -0.2) is 4.57 Å². The largest absolute Gasteiger partial charge is 0.454 e. The van der Waals surface area contributed by atoms with Gasteiger partial charge in [0.2, 0.25) is 0 Å². The molecular formula is C17H17Cl4O3P. The average molecular weight is 442 g/mol. The summed E-state index contributed by atoms with van der Waals surface area (Å²) in [5.74, 6) is 0.543. The lowest BCUT2D eigenvalue weighted by Gasteiger charge is -2.27. The van der Waals surface area contributed by atoms with Gasteiger partial charge in [-0.3, -0.25) is 0 Å². The minimum Gasteiger partial charge on any atom is -0.454 e. The van der Waals surface area contributed by atoms with Crippen LogP contribution >= 0.6 is 51.8 Å². The number of rotatable bonds is 5. The van der Waals surface area contributed by atoms with Crippen LogP contribution in [0.2, 0.25) is 0 Å². The summed E-state index contributed by atoms with van der Waals surface area (Å²) in [6, 6.07) is 13.9. The second-order valence-corrected chi connectivity index (χ2v) is 11.9. The van der Waals surface area contributed by atoms with Crippen LogP contribution in [-0.4, -0.2) is 0 Å². The van der Waals surface area contributed by atoms with Gasteiger partial charge < -0.3 is 9.26 Å². The summed E-state index contributed by atoms with van der Waals surface area (Å²) >= 11 is 24.0. The van der Waals surface area contributed by atoms with Crippen LogP contribution in [0, 0.1) is 0 Å². The Hall–Kier alpha value is -0.570. The lowest BCUT2D eigenvalue weighted by atomic mass is 9.86. The molecule has 0 aliphatic carbocycles. The molecule has 136 valence electrons. The van der Waals surface area contributed by atoms with Crippen molar-refractivity contribution in [3.63, 3.8) is 0 Å². The molecule has 2 rings (SSSR count). The summed E-state index contributed by atoms with van der Waals surface area (Å²) in [5, 5.41) is 0. The van der Waals surface area contributed by atoms with E-state index in [1.807, 2.05) is 26.8 Å². The van der Waals surface area contributed by atoms with Gasteiger partial charge in [-0.2, -0.15) is 0 Å². The van der Waals surface area contributed by atoms with Gasteiger partial charge in [0.05, 0.1) is 5.56 Å². The second kappa shape index (κ2) is 7.58. The fourth-order valence-electron chi connectivity index (χ4n) is 2.11. The number of hydrogen-bond donors (Lipinski definition) is 0. The van der Waals surface area contributed by atoms with E-state index in [0.717, 1.165) is 5.56 Å². The minimum absolute atomic E-state index is 0.0854. The highest BCUT2D eigenvalue weighted by molar-refractivity contribution is 8.05. The van der Waals surface area contributed by atoms with E-state index in [1.54, 1.807) is 42.5 Å². The quantitative estimate of drug-likeness (QED) is 0.353. The first-order valence-electron chi connectivity index (χ1n) is 7.34. The molecule has 0 aromatic heterocycles. The molecule has 3 nitrogen and oxygen atoms in total. The van der Waals surface area contributed by atoms with Gasteiger partial charge in [-0.15, -0.1) is 0 Å². The smallest absolute Gasteiger partial charge is 0.428 e. The molecule has 0 radical (unpaired) electrons. The third-order valence-corrected chi connectivity index (χ3v) is 4.74. The van der Waals surface area contributed by atoms with E-state index in [0.29, 0.717) is 5.75 Å². The summed E-state index contributed by atoms with van der Waals surface area (Å²) in [7, 11) is 0. The molecule has 0 saturated heterocycles. The molecule has 0 spiro atoms. The minimum atomic E-state index is -3.85. The Morgan fingerprint density at radius 1 is 0.960 bits per heavy atom. The van der Waals surface area contributed by atoms with E-state index in [2.05, 4.69) is 0 Å². The fourth-order valence-corrected chi connectivity index (χ4v) is 3.42. The van der Waals surface area contributed by atoms with Gasteiger partial charge in [-0.05, 0) is 35.2 Å². The highest BCUT2D eigenvalue weighted by atomic mass is 35.9. The van der Waals surface area contributed by atoms with Crippen LogP contribution in [0.5, 0.6) is 11.5 Å². The van der Waals surface area contributed by atoms with E-state index in [-0.39, 0.29) is 16.7 Å². The van der Waals surface area contributed by atoms with Crippen molar-refractivity contribution in [2.75, 3.05) is 0 Å². The number of benzene rings is 2. The molecule has 0 atom stereocenters. The molecule has 0 saturated carbocycles. The first-order valence-corrected chi connectivity index (χ1v) is 11.5. The Morgan fingerprint density at radius 2 is 1.56 bits per heavy atom. The van der Waals surface area contributed by atoms with Crippen molar-refractivity contribution in [1.82, 2.24) is 0 Å². The number of halogens is 4. The van der Waals surface area contributed by atoms with Gasteiger partial charge in [0.1, 0.15) is 11.5 Å². The van der Waals surface area contributed by atoms with Crippen LogP contribution in [0.25, 0.3) is 0 Å². The highest BCUT2D eigenvalue weighted by Gasteiger charge is 2.35. The molecule has 0 aliphatic heterocycles. The molecule has 0 bridgehead atoms. The Bertz CT molecular complexity index is 782. The van der Waals surface area contributed by atoms with Crippen molar-refractivity contribution in [3.8, 4) is 11.5 Å². The summed E-state index contributed by atoms with van der Waals surface area (Å²) in [5.41, 5.74) is 1.000. The predicted octanol–water partition coefficient (Wildman–Crippen LogP) is 7.62. The van der Waals surface area contributed by atoms with E-state index in [9.17, 15) is 4.57 Å². The Morgan fingerprint density at radius 3 is 2.08 bits per heavy atom. The van der Waals surface area contributed by atoms with Crippen LogP contribution in [0.3, 0.4) is 0 Å². The average Bonchev–Trinajstić information content (AvgIpc) is 2.45. The maximum Gasteiger partial charge on any atom is 0.428 e. The Labute approximate surface area is 167 Å². The molecular weight excluding hydrogens is 425 g/mol. The summed E-state index contributed by atoms with van der Waals surface area (Å²) in [4.78, 5) is 0. The lowest BCUT2D eigenvalue weighted by Crippen LogP contribution is -2.22. The van der Waals surface area contributed by atoms with Crippen molar-refractivity contribution in [2.45, 2.75) is 30.7 Å². The third-order valence-electron chi connectivity index (χ3n) is 3.35. The Kier molecular flexibility index (Phi) is 6.29. The van der Waals surface area contributed by atoms with Crippen LogP contribution < -0.4 is 9.26 Å². The van der Waals surface area contributed by atoms with Gasteiger partial charge in [0.25, 0.3) is 4.52 Å². The summed E-state index contributed by atoms with van der Waals surface area (Å²) in [6.07, 6.45) is -3.85. The molecule has 0 N–H and O–H groups in total. The number of ether oxygens (including phenoxy) is 1. The van der Waals surface area contributed by atoms with Gasteiger partial charge in [0, 0.05) is 22.5 Å². The first kappa shape index (κ1) is 20.7. The lowest BCUT2D eigenvalue weighted by molar-refractivity contribution is 0.243. The molecule has 0 aliphatic rings. The molecule has 0 heterocycles. The number of alkyl halides is 2. The van der Waals surface area contributed by atoms with Crippen molar-refractivity contribution in [2.24, 2.45) is 0 Å². The van der Waals surface area contributed by atoms with Gasteiger partial charge in [0.15, 0.2) is 0 Å². The predicted molar refractivity (Wildman–Crippen MR) is 106 cm³/mol. The molecule has 2 aromatic rings. The van der Waals surface area contributed by atoms with Crippen LogP contribution in [0.15, 0.2) is 48.5 Å². The van der Waals surface area contributed by atoms with Crippen LogP contribution in [0.4, 0.5) is 0 Å². The zero-order valence-electron chi connectivity index (χ0n) is 13.8. The number of hydrogen-bond acceptors (Lipinski definition) is 3. The van der Waals surface area contributed by atoms with Crippen molar-refractivity contribution >= 4 is 51.8 Å². The third kappa shape index (κ3) is 5.98. The summed E-state index contributed by atoms with van der Waals surface area (Å²) in [6.45, 7) is 6.09. The van der Waals surface area contributed by atoms with E-state index >= 15 is 0 Å². The molecule has 2 aromatic carbocycles. The van der Waals surface area contributed by atoms with Crippen molar-refractivity contribution in [3.05, 3.63) is 59.7 Å². The molecule has 8 heteroatoms.